The predicted molar refractivity (Wildman–Crippen MR) is 93.9 cm³/mol. The summed E-state index contributed by atoms with van der Waals surface area (Å²) in [4.78, 5) is 25.1. The molecule has 0 spiro atoms. The quantitative estimate of drug-likeness (QED) is 0.806. The van der Waals surface area contributed by atoms with Crippen LogP contribution in [0.4, 0.5) is 5.95 Å². The number of nitrogens with two attached hydrogens (primary N) is 1. The van der Waals surface area contributed by atoms with E-state index in [0.717, 1.165) is 44.9 Å². The molecule has 7 heteroatoms. The summed E-state index contributed by atoms with van der Waals surface area (Å²) >= 11 is 0. The third kappa shape index (κ3) is 4.88. The third-order valence-electron chi connectivity index (χ3n) is 4.43. The smallest absolute Gasteiger partial charge is 0.272 e. The molecular weight excluding hydrogens is 306 g/mol. The van der Waals surface area contributed by atoms with Gasteiger partial charge in [-0.05, 0) is 30.9 Å². The standard InChI is InChI=1S/C17H29N5O2/c1-12(2)14-9-15(20-17(18)19-14)16(23)21(3)10-13-5-6-22(11-13)7-8-24-4/h9,12-13H,5-8,10-11H2,1-4H3,(H2,18,19,20)/t13-/m0/s1. The van der Waals surface area contributed by atoms with Gasteiger partial charge in [-0.25, -0.2) is 9.97 Å². The number of nitrogens with zero attached hydrogens (tertiary/aromatic N) is 4. The van der Waals surface area contributed by atoms with E-state index in [9.17, 15) is 4.79 Å². The average Bonchev–Trinajstić information content (AvgIpc) is 2.98. The van der Waals surface area contributed by atoms with Gasteiger partial charge in [0.1, 0.15) is 5.69 Å². The van der Waals surface area contributed by atoms with Crippen LogP contribution in [0.2, 0.25) is 0 Å². The molecule has 0 aliphatic carbocycles. The van der Waals surface area contributed by atoms with E-state index in [-0.39, 0.29) is 17.8 Å². The lowest BCUT2D eigenvalue weighted by Gasteiger charge is -2.22. The first-order chi connectivity index (χ1) is 11.4. The van der Waals surface area contributed by atoms with Crippen molar-refractivity contribution in [1.82, 2.24) is 19.8 Å². The Morgan fingerprint density at radius 3 is 2.92 bits per heavy atom. The zero-order valence-electron chi connectivity index (χ0n) is 15.2. The molecule has 1 saturated heterocycles. The van der Waals surface area contributed by atoms with E-state index in [2.05, 4.69) is 14.9 Å². The zero-order chi connectivity index (χ0) is 17.7. The topological polar surface area (TPSA) is 84.6 Å². The molecule has 0 bridgehead atoms. The molecule has 0 unspecified atom stereocenters. The molecule has 1 aliphatic heterocycles. The highest BCUT2D eigenvalue weighted by molar-refractivity contribution is 5.92. The molecular formula is C17H29N5O2. The molecule has 2 N–H and O–H groups in total. The van der Waals surface area contributed by atoms with E-state index in [4.69, 9.17) is 10.5 Å². The number of hydrogen-bond donors (Lipinski definition) is 1. The van der Waals surface area contributed by atoms with Gasteiger partial charge in [-0.2, -0.15) is 0 Å². The lowest BCUT2D eigenvalue weighted by molar-refractivity contribution is 0.0766. The number of amides is 1. The molecule has 0 aromatic carbocycles. The van der Waals surface area contributed by atoms with Crippen molar-refractivity contribution in [2.24, 2.45) is 5.92 Å². The van der Waals surface area contributed by atoms with Gasteiger partial charge < -0.3 is 20.3 Å². The van der Waals surface area contributed by atoms with Crippen molar-refractivity contribution in [3.05, 3.63) is 17.5 Å². The number of hydrogen-bond acceptors (Lipinski definition) is 6. The second-order valence-electron chi connectivity index (χ2n) is 6.82. The highest BCUT2D eigenvalue weighted by atomic mass is 16.5. The number of anilines is 1. The fraction of sp³-hybridized carbons (Fsp3) is 0.706. The molecule has 1 aliphatic rings. The van der Waals surface area contributed by atoms with Crippen molar-refractivity contribution in [3.63, 3.8) is 0 Å². The van der Waals surface area contributed by atoms with Crippen molar-refractivity contribution >= 4 is 11.9 Å². The van der Waals surface area contributed by atoms with Crippen molar-refractivity contribution in [1.29, 1.82) is 0 Å². The van der Waals surface area contributed by atoms with Crippen LogP contribution >= 0.6 is 0 Å². The Labute approximate surface area is 144 Å². The van der Waals surface area contributed by atoms with Gasteiger partial charge in [0.2, 0.25) is 5.95 Å². The average molecular weight is 335 g/mol. The first kappa shape index (κ1) is 18.6. The maximum atomic E-state index is 12.7. The first-order valence-corrected chi connectivity index (χ1v) is 8.52. The van der Waals surface area contributed by atoms with E-state index in [1.807, 2.05) is 20.9 Å². The predicted octanol–water partition coefficient (Wildman–Crippen LogP) is 1.22. The van der Waals surface area contributed by atoms with Gasteiger partial charge in [0, 0.05) is 39.5 Å². The van der Waals surface area contributed by atoms with Gasteiger partial charge in [0.05, 0.1) is 6.61 Å². The normalized spacial score (nSPS) is 18.3. The Balaban J connectivity index is 1.95. The lowest BCUT2D eigenvalue weighted by atomic mass is 10.1. The summed E-state index contributed by atoms with van der Waals surface area (Å²) in [5.74, 6) is 0.752. The second kappa shape index (κ2) is 8.39. The van der Waals surface area contributed by atoms with Gasteiger partial charge in [-0.3, -0.25) is 4.79 Å². The van der Waals surface area contributed by atoms with Gasteiger partial charge in [-0.15, -0.1) is 0 Å². The SMILES string of the molecule is COCCN1CC[C@@H](CN(C)C(=O)c2cc(C(C)C)nc(N)n2)C1. The summed E-state index contributed by atoms with van der Waals surface area (Å²) in [5.41, 5.74) is 6.93. The molecule has 24 heavy (non-hydrogen) atoms. The van der Waals surface area contributed by atoms with E-state index < -0.39 is 0 Å². The van der Waals surface area contributed by atoms with Crippen LogP contribution < -0.4 is 5.73 Å². The minimum Gasteiger partial charge on any atom is -0.383 e. The molecule has 1 aromatic heterocycles. The zero-order valence-corrected chi connectivity index (χ0v) is 15.2. The number of rotatable bonds is 7. The number of aromatic nitrogens is 2. The number of ether oxygens (including phenoxy) is 1. The Hall–Kier alpha value is -1.73. The third-order valence-corrected chi connectivity index (χ3v) is 4.43. The molecule has 1 atom stereocenters. The Morgan fingerprint density at radius 1 is 1.50 bits per heavy atom. The minimum absolute atomic E-state index is 0.0960. The molecule has 0 saturated carbocycles. The largest absolute Gasteiger partial charge is 0.383 e. The molecule has 1 aromatic rings. The monoisotopic (exact) mass is 335 g/mol. The minimum atomic E-state index is -0.0960. The Bertz CT molecular complexity index is 564. The van der Waals surface area contributed by atoms with Crippen LogP contribution in [0.1, 0.15) is 42.4 Å². The van der Waals surface area contributed by atoms with Crippen molar-refractivity contribution in [2.45, 2.75) is 26.2 Å². The van der Waals surface area contributed by atoms with Crippen molar-refractivity contribution in [3.8, 4) is 0 Å². The lowest BCUT2D eigenvalue weighted by Crippen LogP contribution is -2.34. The van der Waals surface area contributed by atoms with Crippen LogP contribution in [0.5, 0.6) is 0 Å². The highest BCUT2D eigenvalue weighted by Crippen LogP contribution is 2.19. The summed E-state index contributed by atoms with van der Waals surface area (Å²) in [5, 5.41) is 0. The van der Waals surface area contributed by atoms with Gasteiger partial charge >= 0.3 is 0 Å². The van der Waals surface area contributed by atoms with Crippen LogP contribution in [0.15, 0.2) is 6.07 Å². The summed E-state index contributed by atoms with van der Waals surface area (Å²) < 4.78 is 5.13. The summed E-state index contributed by atoms with van der Waals surface area (Å²) in [6, 6.07) is 1.75. The van der Waals surface area contributed by atoms with Crippen molar-refractivity contribution < 1.29 is 9.53 Å². The number of methoxy groups -OCH3 is 1. The number of carbonyl (C=O) groups is 1. The van der Waals surface area contributed by atoms with Gasteiger partial charge in [-0.1, -0.05) is 13.8 Å². The van der Waals surface area contributed by atoms with E-state index in [1.54, 1.807) is 18.1 Å². The second-order valence-corrected chi connectivity index (χ2v) is 6.82. The Kier molecular flexibility index (Phi) is 6.51. The van der Waals surface area contributed by atoms with Gasteiger partial charge in [0.25, 0.3) is 5.91 Å². The number of likely N-dealkylation sites (tertiary alicyclic amines) is 1. The molecule has 1 amide bonds. The fourth-order valence-corrected chi connectivity index (χ4v) is 3.04. The highest BCUT2D eigenvalue weighted by Gasteiger charge is 2.25. The summed E-state index contributed by atoms with van der Waals surface area (Å²) in [7, 11) is 3.55. The van der Waals surface area contributed by atoms with Gasteiger partial charge in [0.15, 0.2) is 0 Å². The molecule has 2 heterocycles. The summed E-state index contributed by atoms with van der Waals surface area (Å²) in [6.45, 7) is 8.53. The molecule has 134 valence electrons. The first-order valence-electron chi connectivity index (χ1n) is 8.52. The number of carbonyl (C=O) groups excluding carboxylic acids is 1. The molecule has 1 fully saturated rings. The maximum absolute atomic E-state index is 12.7. The summed E-state index contributed by atoms with van der Waals surface area (Å²) in [6.07, 6.45) is 1.10. The van der Waals surface area contributed by atoms with Crippen LogP contribution in [0, 0.1) is 5.92 Å². The maximum Gasteiger partial charge on any atom is 0.272 e. The van der Waals surface area contributed by atoms with Crippen LogP contribution in [-0.2, 0) is 4.74 Å². The van der Waals surface area contributed by atoms with Crippen molar-refractivity contribution in [2.75, 3.05) is 52.7 Å². The number of nitrogen functional groups attached to an aromatic ring is 1. The van der Waals surface area contributed by atoms with Crippen LogP contribution in [0.25, 0.3) is 0 Å². The van der Waals surface area contributed by atoms with E-state index in [0.29, 0.717) is 11.6 Å². The molecule has 7 nitrogen and oxygen atoms in total. The Morgan fingerprint density at radius 2 is 2.25 bits per heavy atom. The molecule has 0 radical (unpaired) electrons. The fourth-order valence-electron chi connectivity index (χ4n) is 3.04. The van der Waals surface area contributed by atoms with Crippen LogP contribution in [-0.4, -0.2) is 72.6 Å². The van der Waals surface area contributed by atoms with Crippen LogP contribution in [0.3, 0.4) is 0 Å². The van der Waals surface area contributed by atoms with E-state index in [1.165, 1.54) is 0 Å². The molecule has 2 rings (SSSR count). The van der Waals surface area contributed by atoms with E-state index >= 15 is 0 Å².